The number of amides is 3. The molecule has 0 atom stereocenters. The number of benzene rings is 2. The van der Waals surface area contributed by atoms with Crippen LogP contribution in [0.3, 0.4) is 0 Å². The van der Waals surface area contributed by atoms with E-state index in [0.717, 1.165) is 12.0 Å². The van der Waals surface area contributed by atoms with Gasteiger partial charge in [0, 0.05) is 16.6 Å². The summed E-state index contributed by atoms with van der Waals surface area (Å²) in [6.07, 6.45) is 2.15. The number of rotatable bonds is 9. The maximum Gasteiger partial charge on any atom is 0.332 e. The van der Waals surface area contributed by atoms with Gasteiger partial charge in [-0.1, -0.05) is 30.3 Å². The van der Waals surface area contributed by atoms with Crippen molar-refractivity contribution in [2.45, 2.75) is 6.42 Å². The molecule has 0 radical (unpaired) electrons. The summed E-state index contributed by atoms with van der Waals surface area (Å²) in [5, 5.41) is 6.51. The Bertz CT molecular complexity index is 843. The van der Waals surface area contributed by atoms with Crippen LogP contribution in [0.5, 0.6) is 11.5 Å². The summed E-state index contributed by atoms with van der Waals surface area (Å²) in [6, 6.07) is 12.4. The molecule has 0 aliphatic heterocycles. The van der Waals surface area contributed by atoms with Crippen LogP contribution in [0.1, 0.15) is 11.1 Å². The quantitative estimate of drug-likeness (QED) is 0.402. The number of carbonyl (C=O) groups excluding carboxylic acids is 2. The van der Waals surface area contributed by atoms with E-state index in [-0.39, 0.29) is 12.5 Å². The number of hydrogen-bond acceptors (Lipinski definition) is 5. The van der Waals surface area contributed by atoms with E-state index < -0.39 is 6.03 Å². The second-order valence-corrected chi connectivity index (χ2v) is 6.49. The van der Waals surface area contributed by atoms with Crippen molar-refractivity contribution >= 4 is 34.1 Å². The predicted molar refractivity (Wildman–Crippen MR) is 110 cm³/mol. The zero-order valence-electron chi connectivity index (χ0n) is 15.3. The molecule has 0 saturated heterocycles. The van der Waals surface area contributed by atoms with Crippen LogP contribution in [0, 0.1) is 0 Å². The molecule has 2 aromatic rings. The predicted octanol–water partition coefficient (Wildman–Crippen LogP) is 2.20. The van der Waals surface area contributed by atoms with E-state index in [1.165, 1.54) is 13.3 Å². The Morgan fingerprint density at radius 3 is 2.64 bits per heavy atom. The summed E-state index contributed by atoms with van der Waals surface area (Å²) in [5.41, 5.74) is 8.84. The fourth-order valence-electron chi connectivity index (χ4n) is 2.27. The molecule has 2 aromatic carbocycles. The molecule has 2 rings (SSSR count). The SMILES string of the molecule is COc1cc(C=NNC(N)=O)c(Br)cc1OCC(=O)NCCc1ccccc1. The minimum Gasteiger partial charge on any atom is -0.493 e. The Morgan fingerprint density at radius 2 is 1.96 bits per heavy atom. The Kier molecular flexibility index (Phi) is 8.29. The highest BCUT2D eigenvalue weighted by atomic mass is 79.9. The first-order valence-electron chi connectivity index (χ1n) is 8.39. The van der Waals surface area contributed by atoms with E-state index in [1.54, 1.807) is 12.1 Å². The molecule has 0 heterocycles. The van der Waals surface area contributed by atoms with Gasteiger partial charge in [0.1, 0.15) is 0 Å². The summed E-state index contributed by atoms with van der Waals surface area (Å²) >= 11 is 3.38. The summed E-state index contributed by atoms with van der Waals surface area (Å²) in [5.74, 6) is 0.582. The van der Waals surface area contributed by atoms with Crippen molar-refractivity contribution in [3.8, 4) is 11.5 Å². The fourth-order valence-corrected chi connectivity index (χ4v) is 2.70. The van der Waals surface area contributed by atoms with Gasteiger partial charge in [-0.05, 0) is 40.0 Å². The lowest BCUT2D eigenvalue weighted by Gasteiger charge is -2.12. The van der Waals surface area contributed by atoms with Gasteiger partial charge in [0.25, 0.3) is 5.91 Å². The lowest BCUT2D eigenvalue weighted by molar-refractivity contribution is -0.123. The van der Waals surface area contributed by atoms with Gasteiger partial charge >= 0.3 is 6.03 Å². The van der Waals surface area contributed by atoms with Gasteiger partial charge in [0.2, 0.25) is 0 Å². The van der Waals surface area contributed by atoms with Crippen molar-refractivity contribution < 1.29 is 19.1 Å². The standard InChI is InChI=1S/C19H21BrN4O4/c1-27-16-9-14(11-23-24-19(21)26)15(20)10-17(16)28-12-18(25)22-8-7-13-5-3-2-4-6-13/h2-6,9-11H,7-8,12H2,1H3,(H,22,25)(H3,21,24,26). The molecule has 3 amide bonds. The summed E-state index contributed by atoms with van der Waals surface area (Å²) < 4.78 is 11.5. The molecule has 0 aromatic heterocycles. The van der Waals surface area contributed by atoms with Crippen LogP contribution in [-0.4, -0.2) is 38.4 Å². The first-order valence-corrected chi connectivity index (χ1v) is 9.18. The van der Waals surface area contributed by atoms with E-state index in [9.17, 15) is 9.59 Å². The summed E-state index contributed by atoms with van der Waals surface area (Å²) in [4.78, 5) is 22.7. The number of nitrogens with zero attached hydrogens (tertiary/aromatic N) is 1. The van der Waals surface area contributed by atoms with Crippen LogP contribution >= 0.6 is 15.9 Å². The highest BCUT2D eigenvalue weighted by Crippen LogP contribution is 2.32. The minimum absolute atomic E-state index is 0.145. The third kappa shape index (κ3) is 6.92. The molecular formula is C19H21BrN4O4. The zero-order valence-corrected chi connectivity index (χ0v) is 16.9. The zero-order chi connectivity index (χ0) is 20.4. The molecule has 0 unspecified atom stereocenters. The first kappa shape index (κ1) is 21.2. The summed E-state index contributed by atoms with van der Waals surface area (Å²) in [7, 11) is 1.48. The number of halogens is 1. The molecule has 0 aliphatic carbocycles. The number of ether oxygens (including phenoxy) is 2. The molecule has 4 N–H and O–H groups in total. The molecule has 0 fully saturated rings. The highest BCUT2D eigenvalue weighted by Gasteiger charge is 2.11. The first-order chi connectivity index (χ1) is 13.5. The Labute approximate surface area is 171 Å². The number of methoxy groups -OCH3 is 1. The van der Waals surface area contributed by atoms with Crippen molar-refractivity contribution in [1.29, 1.82) is 0 Å². The number of nitrogens with two attached hydrogens (primary N) is 1. The average Bonchev–Trinajstić information content (AvgIpc) is 2.68. The van der Waals surface area contributed by atoms with Crippen molar-refractivity contribution in [3.05, 3.63) is 58.1 Å². The summed E-state index contributed by atoms with van der Waals surface area (Å²) in [6.45, 7) is 0.379. The monoisotopic (exact) mass is 448 g/mol. The molecule has 0 spiro atoms. The van der Waals surface area contributed by atoms with Crippen LogP contribution in [0.2, 0.25) is 0 Å². The maximum absolute atomic E-state index is 12.0. The molecule has 0 aliphatic rings. The van der Waals surface area contributed by atoms with Crippen molar-refractivity contribution in [2.24, 2.45) is 10.8 Å². The van der Waals surface area contributed by atoms with Gasteiger partial charge in [-0.3, -0.25) is 4.79 Å². The number of hydrazone groups is 1. The normalized spacial score (nSPS) is 10.5. The average molecular weight is 449 g/mol. The van der Waals surface area contributed by atoms with Crippen LogP contribution in [-0.2, 0) is 11.2 Å². The van der Waals surface area contributed by atoms with Gasteiger partial charge < -0.3 is 20.5 Å². The smallest absolute Gasteiger partial charge is 0.332 e. The largest absolute Gasteiger partial charge is 0.493 e. The van der Waals surface area contributed by atoms with Crippen LogP contribution in [0.15, 0.2) is 52.0 Å². The van der Waals surface area contributed by atoms with Crippen LogP contribution in [0.4, 0.5) is 4.79 Å². The number of hydrogen-bond donors (Lipinski definition) is 3. The lowest BCUT2D eigenvalue weighted by Crippen LogP contribution is -2.30. The van der Waals surface area contributed by atoms with E-state index in [4.69, 9.17) is 15.2 Å². The third-order valence-electron chi connectivity index (χ3n) is 3.60. The van der Waals surface area contributed by atoms with Gasteiger partial charge in [-0.2, -0.15) is 5.10 Å². The minimum atomic E-state index is -0.766. The van der Waals surface area contributed by atoms with Crippen LogP contribution < -0.4 is 25.9 Å². The second kappa shape index (κ2) is 10.9. The number of nitrogens with one attached hydrogen (secondary N) is 2. The van der Waals surface area contributed by atoms with Gasteiger partial charge in [-0.25, -0.2) is 10.2 Å². The van der Waals surface area contributed by atoms with E-state index in [0.29, 0.717) is 28.1 Å². The van der Waals surface area contributed by atoms with Gasteiger partial charge in [0.15, 0.2) is 18.1 Å². The highest BCUT2D eigenvalue weighted by molar-refractivity contribution is 9.10. The van der Waals surface area contributed by atoms with E-state index in [1.807, 2.05) is 30.3 Å². The van der Waals surface area contributed by atoms with Crippen LogP contribution in [0.25, 0.3) is 0 Å². The van der Waals surface area contributed by atoms with E-state index in [2.05, 4.69) is 31.8 Å². The molecular weight excluding hydrogens is 428 g/mol. The lowest BCUT2D eigenvalue weighted by atomic mass is 10.1. The third-order valence-corrected chi connectivity index (χ3v) is 4.29. The molecule has 8 nitrogen and oxygen atoms in total. The van der Waals surface area contributed by atoms with Gasteiger partial charge in [-0.15, -0.1) is 0 Å². The molecule has 0 saturated carbocycles. The van der Waals surface area contributed by atoms with E-state index >= 15 is 0 Å². The molecule has 28 heavy (non-hydrogen) atoms. The fraction of sp³-hybridized carbons (Fsp3) is 0.211. The molecule has 148 valence electrons. The Hall–Kier alpha value is -3.07. The second-order valence-electron chi connectivity index (χ2n) is 5.63. The molecule has 9 heteroatoms. The number of urea groups is 1. The molecule has 0 bridgehead atoms. The number of carbonyl (C=O) groups is 2. The van der Waals surface area contributed by atoms with Crippen molar-refractivity contribution in [2.75, 3.05) is 20.3 Å². The number of primary amides is 1. The maximum atomic E-state index is 12.0. The van der Waals surface area contributed by atoms with Crippen molar-refractivity contribution in [1.82, 2.24) is 10.7 Å². The van der Waals surface area contributed by atoms with Gasteiger partial charge in [0.05, 0.1) is 13.3 Å². The Morgan fingerprint density at radius 1 is 1.21 bits per heavy atom. The Balaban J connectivity index is 1.90. The topological polar surface area (TPSA) is 115 Å². The van der Waals surface area contributed by atoms with Crippen molar-refractivity contribution in [3.63, 3.8) is 0 Å².